The molecule has 0 bridgehead atoms. The van der Waals surface area contributed by atoms with Crippen molar-refractivity contribution in [3.8, 4) is 11.5 Å². The van der Waals surface area contributed by atoms with Crippen molar-refractivity contribution in [3.05, 3.63) is 59.9 Å². The van der Waals surface area contributed by atoms with Gasteiger partial charge in [-0.15, -0.1) is 0 Å². The van der Waals surface area contributed by atoms with Gasteiger partial charge in [-0.3, -0.25) is 9.59 Å². The number of nitrogens with zero attached hydrogens (tertiary/aromatic N) is 1. The lowest BCUT2D eigenvalue weighted by atomic mass is 10.2. The van der Waals surface area contributed by atoms with Gasteiger partial charge in [-0.2, -0.15) is 0 Å². The number of ether oxygens (including phenoxy) is 2. The molecule has 0 spiro atoms. The highest BCUT2D eigenvalue weighted by molar-refractivity contribution is 5.82. The molecule has 0 radical (unpaired) electrons. The van der Waals surface area contributed by atoms with Gasteiger partial charge in [0, 0.05) is 19.5 Å². The van der Waals surface area contributed by atoms with E-state index in [0.717, 1.165) is 5.56 Å². The van der Waals surface area contributed by atoms with Crippen molar-refractivity contribution in [3.63, 3.8) is 0 Å². The first kappa shape index (κ1) is 18.7. The first-order valence-electron chi connectivity index (χ1n) is 8.62. The van der Waals surface area contributed by atoms with Crippen LogP contribution in [0.3, 0.4) is 0 Å². The molecule has 0 aliphatic carbocycles. The molecular formula is C20H21FN2O4. The zero-order valence-electron chi connectivity index (χ0n) is 15.0. The molecule has 1 aliphatic rings. The van der Waals surface area contributed by atoms with Crippen LogP contribution in [0.1, 0.15) is 12.0 Å². The summed E-state index contributed by atoms with van der Waals surface area (Å²) in [4.78, 5) is 25.9. The number of carbonyl (C=O) groups is 2. The Bertz CT molecular complexity index is 827. The highest BCUT2D eigenvalue weighted by Gasteiger charge is 2.30. The minimum atomic E-state index is -0.336. The van der Waals surface area contributed by atoms with Crippen molar-refractivity contribution in [2.24, 2.45) is 0 Å². The number of benzene rings is 2. The monoisotopic (exact) mass is 372 g/mol. The lowest BCUT2D eigenvalue weighted by Crippen LogP contribution is -2.39. The summed E-state index contributed by atoms with van der Waals surface area (Å²) >= 11 is 0. The van der Waals surface area contributed by atoms with E-state index in [9.17, 15) is 14.0 Å². The topological polar surface area (TPSA) is 67.9 Å². The molecule has 3 rings (SSSR count). The molecule has 2 aromatic rings. The van der Waals surface area contributed by atoms with Crippen molar-refractivity contribution in [2.45, 2.75) is 19.0 Å². The lowest BCUT2D eigenvalue weighted by Gasteiger charge is -2.17. The third-order valence-electron chi connectivity index (χ3n) is 4.27. The number of halogens is 1. The molecule has 1 saturated heterocycles. The van der Waals surface area contributed by atoms with E-state index in [1.165, 1.54) is 19.2 Å². The molecule has 2 aromatic carbocycles. The molecule has 1 aliphatic heterocycles. The largest absolute Gasteiger partial charge is 0.493 e. The fourth-order valence-electron chi connectivity index (χ4n) is 3.03. The molecule has 27 heavy (non-hydrogen) atoms. The SMILES string of the molecule is COc1ccccc1OCC(=O)N[C@@H]1CC(=O)N(Cc2cccc(F)c2)C1. The van der Waals surface area contributed by atoms with Crippen molar-refractivity contribution in [1.29, 1.82) is 0 Å². The Balaban J connectivity index is 1.49. The molecular weight excluding hydrogens is 351 g/mol. The number of hydrogen-bond acceptors (Lipinski definition) is 4. The Morgan fingerprint density at radius 3 is 2.74 bits per heavy atom. The minimum absolute atomic E-state index is 0.0739. The van der Waals surface area contributed by atoms with Gasteiger partial charge in [0.1, 0.15) is 5.82 Å². The molecule has 0 aromatic heterocycles. The molecule has 6 nitrogen and oxygen atoms in total. The van der Waals surface area contributed by atoms with Gasteiger partial charge in [-0.25, -0.2) is 4.39 Å². The number of carbonyl (C=O) groups excluding carboxylic acids is 2. The Morgan fingerprint density at radius 2 is 2.00 bits per heavy atom. The number of methoxy groups -OCH3 is 1. The smallest absolute Gasteiger partial charge is 0.258 e. The Kier molecular flexibility index (Phi) is 5.90. The molecule has 0 unspecified atom stereocenters. The van der Waals surface area contributed by atoms with Gasteiger partial charge in [0.2, 0.25) is 5.91 Å². The summed E-state index contributed by atoms with van der Waals surface area (Å²) in [5.41, 5.74) is 0.717. The highest BCUT2D eigenvalue weighted by atomic mass is 19.1. The molecule has 0 saturated carbocycles. The van der Waals surface area contributed by atoms with Crippen molar-refractivity contribution in [1.82, 2.24) is 10.2 Å². The summed E-state index contributed by atoms with van der Waals surface area (Å²) in [6.07, 6.45) is 0.218. The van der Waals surface area contributed by atoms with Crippen LogP contribution in [0.25, 0.3) is 0 Å². The van der Waals surface area contributed by atoms with Gasteiger partial charge in [0.05, 0.1) is 13.2 Å². The van der Waals surface area contributed by atoms with Gasteiger partial charge in [-0.1, -0.05) is 24.3 Å². The molecule has 1 N–H and O–H groups in total. The number of rotatable bonds is 7. The number of amides is 2. The fourth-order valence-corrected chi connectivity index (χ4v) is 3.03. The van der Waals surface area contributed by atoms with E-state index in [0.29, 0.717) is 24.6 Å². The summed E-state index contributed by atoms with van der Waals surface area (Å²) in [7, 11) is 1.53. The lowest BCUT2D eigenvalue weighted by molar-refractivity contribution is -0.128. The normalized spacial score (nSPS) is 16.3. The third kappa shape index (κ3) is 4.97. The van der Waals surface area contributed by atoms with E-state index in [4.69, 9.17) is 9.47 Å². The number of nitrogens with one attached hydrogen (secondary N) is 1. The fraction of sp³-hybridized carbons (Fsp3) is 0.300. The van der Waals surface area contributed by atoms with Crippen LogP contribution < -0.4 is 14.8 Å². The molecule has 7 heteroatoms. The van der Waals surface area contributed by atoms with Crippen LogP contribution in [0, 0.1) is 5.82 Å². The van der Waals surface area contributed by atoms with Gasteiger partial charge < -0.3 is 19.7 Å². The maximum atomic E-state index is 13.3. The zero-order chi connectivity index (χ0) is 19.2. The maximum Gasteiger partial charge on any atom is 0.258 e. The van der Waals surface area contributed by atoms with Crippen LogP contribution >= 0.6 is 0 Å². The molecule has 2 amide bonds. The van der Waals surface area contributed by atoms with Crippen molar-refractivity contribution in [2.75, 3.05) is 20.3 Å². The molecule has 1 heterocycles. The van der Waals surface area contributed by atoms with Crippen LogP contribution in [0.2, 0.25) is 0 Å². The van der Waals surface area contributed by atoms with Crippen LogP contribution in [-0.2, 0) is 16.1 Å². The van der Waals surface area contributed by atoms with Crippen molar-refractivity contribution < 1.29 is 23.5 Å². The number of para-hydroxylation sites is 2. The summed E-state index contributed by atoms with van der Waals surface area (Å²) < 4.78 is 23.9. The quantitative estimate of drug-likeness (QED) is 0.809. The predicted molar refractivity (Wildman–Crippen MR) is 96.9 cm³/mol. The standard InChI is InChI=1S/C20H21FN2O4/c1-26-17-7-2-3-8-18(17)27-13-19(24)22-16-10-20(25)23(12-16)11-14-5-4-6-15(21)9-14/h2-9,16H,10-13H2,1H3,(H,22,24)/t16-/m1/s1. The number of likely N-dealkylation sites (tertiary alicyclic amines) is 1. The second-order valence-electron chi connectivity index (χ2n) is 6.31. The summed E-state index contributed by atoms with van der Waals surface area (Å²) in [6.45, 7) is 0.533. The van der Waals surface area contributed by atoms with Gasteiger partial charge in [-0.05, 0) is 29.8 Å². The van der Waals surface area contributed by atoms with E-state index in [-0.39, 0.29) is 36.7 Å². The highest BCUT2D eigenvalue weighted by Crippen LogP contribution is 2.25. The zero-order valence-corrected chi connectivity index (χ0v) is 15.0. The van der Waals surface area contributed by atoms with E-state index < -0.39 is 0 Å². The van der Waals surface area contributed by atoms with Crippen LogP contribution in [-0.4, -0.2) is 43.0 Å². The third-order valence-corrected chi connectivity index (χ3v) is 4.27. The average molecular weight is 372 g/mol. The maximum absolute atomic E-state index is 13.3. The van der Waals surface area contributed by atoms with Gasteiger partial charge >= 0.3 is 0 Å². The first-order valence-corrected chi connectivity index (χ1v) is 8.62. The molecule has 1 fully saturated rings. The van der Waals surface area contributed by atoms with E-state index in [2.05, 4.69) is 5.32 Å². The summed E-state index contributed by atoms with van der Waals surface area (Å²) in [5.74, 6) is 0.298. The van der Waals surface area contributed by atoms with E-state index in [1.54, 1.807) is 35.2 Å². The summed E-state index contributed by atoms with van der Waals surface area (Å²) in [5, 5.41) is 2.80. The van der Waals surface area contributed by atoms with Gasteiger partial charge in [0.15, 0.2) is 18.1 Å². The van der Waals surface area contributed by atoms with E-state index in [1.807, 2.05) is 6.07 Å². The average Bonchev–Trinajstić information content (AvgIpc) is 2.99. The molecule has 1 atom stereocenters. The molecule has 142 valence electrons. The van der Waals surface area contributed by atoms with E-state index >= 15 is 0 Å². The Morgan fingerprint density at radius 1 is 1.22 bits per heavy atom. The minimum Gasteiger partial charge on any atom is -0.493 e. The first-order chi connectivity index (χ1) is 13.0. The Labute approximate surface area is 156 Å². The van der Waals surface area contributed by atoms with Crippen molar-refractivity contribution >= 4 is 11.8 Å². The summed E-state index contributed by atoms with van der Waals surface area (Å²) in [6, 6.07) is 12.9. The van der Waals surface area contributed by atoms with Crippen LogP contribution in [0.15, 0.2) is 48.5 Å². The second-order valence-corrected chi connectivity index (χ2v) is 6.31. The Hall–Kier alpha value is -3.09. The van der Waals surface area contributed by atoms with Crippen LogP contribution in [0.5, 0.6) is 11.5 Å². The number of hydrogen-bond donors (Lipinski definition) is 1. The van der Waals surface area contributed by atoms with Crippen LogP contribution in [0.4, 0.5) is 4.39 Å². The van der Waals surface area contributed by atoms with Gasteiger partial charge in [0.25, 0.3) is 5.91 Å². The predicted octanol–water partition coefficient (Wildman–Crippen LogP) is 2.13. The second kappa shape index (κ2) is 8.53.